The summed E-state index contributed by atoms with van der Waals surface area (Å²) < 4.78 is 7.01. The van der Waals surface area contributed by atoms with Gasteiger partial charge in [0.15, 0.2) is 11.5 Å². The van der Waals surface area contributed by atoms with Crippen LogP contribution in [0.1, 0.15) is 21.7 Å². The van der Waals surface area contributed by atoms with Gasteiger partial charge in [0.2, 0.25) is 0 Å². The summed E-state index contributed by atoms with van der Waals surface area (Å²) in [7, 11) is 0. The monoisotopic (exact) mass is 429 g/mol. The Labute approximate surface area is 185 Å². The van der Waals surface area contributed by atoms with E-state index in [0.29, 0.717) is 22.9 Å². The van der Waals surface area contributed by atoms with Crippen molar-refractivity contribution in [3.8, 4) is 11.4 Å². The highest BCUT2D eigenvalue weighted by molar-refractivity contribution is 6.07. The SMILES string of the molecule is Cc1cc(-c2nc3c(C(=O)Nc4cccc(CN5CCOCC5)n4)cccn3n2)ccn1. The van der Waals surface area contributed by atoms with Crippen molar-refractivity contribution < 1.29 is 9.53 Å². The molecule has 0 saturated carbocycles. The molecule has 5 heterocycles. The molecule has 9 heteroatoms. The molecule has 0 bridgehead atoms. The summed E-state index contributed by atoms with van der Waals surface area (Å²) in [5.74, 6) is 0.769. The van der Waals surface area contributed by atoms with Crippen LogP contribution < -0.4 is 5.32 Å². The predicted molar refractivity (Wildman–Crippen MR) is 119 cm³/mol. The number of rotatable bonds is 5. The zero-order valence-electron chi connectivity index (χ0n) is 17.7. The molecule has 4 aromatic heterocycles. The number of morpholine rings is 1. The molecule has 9 nitrogen and oxygen atoms in total. The Bertz CT molecular complexity index is 1260. The lowest BCUT2D eigenvalue weighted by atomic mass is 10.2. The third-order valence-corrected chi connectivity index (χ3v) is 5.30. The number of anilines is 1. The summed E-state index contributed by atoms with van der Waals surface area (Å²) in [5, 5.41) is 7.42. The van der Waals surface area contributed by atoms with E-state index in [0.717, 1.165) is 49.8 Å². The maximum atomic E-state index is 13.1. The van der Waals surface area contributed by atoms with Gasteiger partial charge < -0.3 is 10.1 Å². The van der Waals surface area contributed by atoms with E-state index in [1.807, 2.05) is 31.2 Å². The molecule has 0 radical (unpaired) electrons. The number of ether oxygens (including phenoxy) is 1. The number of fused-ring (bicyclic) bond motifs is 1. The van der Waals surface area contributed by atoms with Gasteiger partial charge in [-0.05, 0) is 43.3 Å². The minimum Gasteiger partial charge on any atom is -0.379 e. The number of hydrogen-bond donors (Lipinski definition) is 1. The summed E-state index contributed by atoms with van der Waals surface area (Å²) in [6.07, 6.45) is 3.50. The number of aryl methyl sites for hydroxylation is 1. The van der Waals surface area contributed by atoms with Crippen LogP contribution in [0.25, 0.3) is 17.0 Å². The van der Waals surface area contributed by atoms with Gasteiger partial charge in [-0.1, -0.05) is 6.07 Å². The fraction of sp³-hybridized carbons (Fsp3) is 0.261. The minimum absolute atomic E-state index is 0.281. The van der Waals surface area contributed by atoms with Crippen molar-refractivity contribution >= 4 is 17.4 Å². The third kappa shape index (κ3) is 4.34. The van der Waals surface area contributed by atoms with Crippen LogP contribution in [-0.2, 0) is 11.3 Å². The van der Waals surface area contributed by atoms with Crippen molar-refractivity contribution in [2.45, 2.75) is 13.5 Å². The van der Waals surface area contributed by atoms with E-state index in [2.05, 4.69) is 30.3 Å². The van der Waals surface area contributed by atoms with Crippen LogP contribution >= 0.6 is 0 Å². The lowest BCUT2D eigenvalue weighted by Crippen LogP contribution is -2.35. The largest absolute Gasteiger partial charge is 0.379 e. The topological polar surface area (TPSA) is 97.5 Å². The lowest BCUT2D eigenvalue weighted by molar-refractivity contribution is 0.0337. The van der Waals surface area contributed by atoms with Crippen LogP contribution in [0.2, 0.25) is 0 Å². The summed E-state index contributed by atoms with van der Waals surface area (Å²) in [5.41, 5.74) is 3.55. The van der Waals surface area contributed by atoms with Gasteiger partial charge in [-0.3, -0.25) is 14.7 Å². The molecule has 1 fully saturated rings. The maximum absolute atomic E-state index is 13.1. The molecule has 4 aromatic rings. The first-order valence-corrected chi connectivity index (χ1v) is 10.5. The van der Waals surface area contributed by atoms with Crippen molar-refractivity contribution in [3.05, 3.63) is 71.8 Å². The second-order valence-corrected chi connectivity index (χ2v) is 7.67. The minimum atomic E-state index is -0.281. The van der Waals surface area contributed by atoms with Crippen LogP contribution in [0.3, 0.4) is 0 Å². The van der Waals surface area contributed by atoms with Crippen LogP contribution in [-0.4, -0.2) is 61.7 Å². The number of aromatic nitrogens is 5. The van der Waals surface area contributed by atoms with E-state index in [-0.39, 0.29) is 5.91 Å². The molecule has 1 saturated heterocycles. The molecule has 0 aliphatic carbocycles. The van der Waals surface area contributed by atoms with E-state index >= 15 is 0 Å². The second kappa shape index (κ2) is 8.81. The quantitative estimate of drug-likeness (QED) is 0.521. The molecule has 0 unspecified atom stereocenters. The first kappa shape index (κ1) is 20.2. The first-order chi connectivity index (χ1) is 15.7. The van der Waals surface area contributed by atoms with Gasteiger partial charge in [-0.2, -0.15) is 0 Å². The second-order valence-electron chi connectivity index (χ2n) is 7.67. The average molecular weight is 429 g/mol. The van der Waals surface area contributed by atoms with E-state index < -0.39 is 0 Å². The Balaban J connectivity index is 1.37. The van der Waals surface area contributed by atoms with E-state index in [9.17, 15) is 4.79 Å². The molecule has 0 atom stereocenters. The van der Waals surface area contributed by atoms with Crippen molar-refractivity contribution in [1.29, 1.82) is 0 Å². The van der Waals surface area contributed by atoms with Gasteiger partial charge in [0.25, 0.3) is 5.91 Å². The highest BCUT2D eigenvalue weighted by Crippen LogP contribution is 2.19. The lowest BCUT2D eigenvalue weighted by Gasteiger charge is -2.26. The summed E-state index contributed by atoms with van der Waals surface area (Å²) in [6, 6.07) is 12.9. The Morgan fingerprint density at radius 2 is 2.00 bits per heavy atom. The number of hydrogen-bond acceptors (Lipinski definition) is 7. The highest BCUT2D eigenvalue weighted by Gasteiger charge is 2.17. The summed E-state index contributed by atoms with van der Waals surface area (Å²) >= 11 is 0. The number of carbonyl (C=O) groups is 1. The molecule has 5 rings (SSSR count). The number of amides is 1. The Morgan fingerprint density at radius 3 is 2.84 bits per heavy atom. The molecule has 1 aliphatic rings. The van der Waals surface area contributed by atoms with E-state index in [4.69, 9.17) is 4.74 Å². The predicted octanol–water partition coefficient (Wildman–Crippen LogP) is 2.58. The highest BCUT2D eigenvalue weighted by atomic mass is 16.5. The van der Waals surface area contributed by atoms with Gasteiger partial charge in [-0.25, -0.2) is 14.5 Å². The Kier molecular flexibility index (Phi) is 5.57. The fourth-order valence-electron chi connectivity index (χ4n) is 3.70. The molecule has 32 heavy (non-hydrogen) atoms. The molecule has 0 spiro atoms. The van der Waals surface area contributed by atoms with Crippen LogP contribution in [0.5, 0.6) is 0 Å². The standard InChI is InChI=1S/C23H23N7O2/c1-16-14-17(7-8-24-16)21-27-22-19(5-3-9-30(22)28-21)23(31)26-20-6-2-4-18(25-20)15-29-10-12-32-13-11-29/h2-9,14H,10-13,15H2,1H3,(H,25,26,31). The molecule has 162 valence electrons. The number of nitrogens with one attached hydrogen (secondary N) is 1. The Hall–Kier alpha value is -3.69. The van der Waals surface area contributed by atoms with E-state index in [1.54, 1.807) is 35.1 Å². The number of carbonyl (C=O) groups excluding carboxylic acids is 1. The summed E-state index contributed by atoms with van der Waals surface area (Å²) in [4.78, 5) is 28.8. The van der Waals surface area contributed by atoms with Gasteiger partial charge in [0.05, 0.1) is 24.5 Å². The molecule has 1 aliphatic heterocycles. The normalized spacial score (nSPS) is 14.5. The third-order valence-electron chi connectivity index (χ3n) is 5.30. The molecular weight excluding hydrogens is 406 g/mol. The van der Waals surface area contributed by atoms with Gasteiger partial charge >= 0.3 is 0 Å². The van der Waals surface area contributed by atoms with Crippen molar-refractivity contribution in [3.63, 3.8) is 0 Å². The van der Waals surface area contributed by atoms with Crippen LogP contribution in [0.4, 0.5) is 5.82 Å². The molecule has 1 N–H and O–H groups in total. The Morgan fingerprint density at radius 1 is 1.12 bits per heavy atom. The number of nitrogens with zero attached hydrogens (tertiary/aromatic N) is 6. The average Bonchev–Trinajstić information content (AvgIpc) is 3.24. The molecule has 0 aromatic carbocycles. The van der Waals surface area contributed by atoms with E-state index in [1.165, 1.54) is 0 Å². The molecular formula is C23H23N7O2. The zero-order chi connectivity index (χ0) is 21.9. The maximum Gasteiger partial charge on any atom is 0.260 e. The number of pyridine rings is 3. The van der Waals surface area contributed by atoms with Gasteiger partial charge in [0, 0.05) is 43.3 Å². The fourth-order valence-corrected chi connectivity index (χ4v) is 3.70. The molecule has 1 amide bonds. The smallest absolute Gasteiger partial charge is 0.260 e. The van der Waals surface area contributed by atoms with Crippen molar-refractivity contribution in [2.24, 2.45) is 0 Å². The summed E-state index contributed by atoms with van der Waals surface area (Å²) in [6.45, 7) is 5.87. The van der Waals surface area contributed by atoms with Gasteiger partial charge in [-0.15, -0.1) is 5.10 Å². The van der Waals surface area contributed by atoms with Crippen LogP contribution in [0, 0.1) is 6.92 Å². The zero-order valence-corrected chi connectivity index (χ0v) is 17.7. The van der Waals surface area contributed by atoms with Crippen molar-refractivity contribution in [1.82, 2.24) is 29.5 Å². The van der Waals surface area contributed by atoms with Gasteiger partial charge in [0.1, 0.15) is 5.82 Å². The first-order valence-electron chi connectivity index (χ1n) is 10.5. The van der Waals surface area contributed by atoms with Crippen LogP contribution in [0.15, 0.2) is 54.9 Å². The van der Waals surface area contributed by atoms with Crippen molar-refractivity contribution in [2.75, 3.05) is 31.6 Å².